The first-order chi connectivity index (χ1) is 7.26. The van der Waals surface area contributed by atoms with E-state index in [0.717, 1.165) is 17.8 Å². The van der Waals surface area contributed by atoms with Gasteiger partial charge in [-0.3, -0.25) is 0 Å². The summed E-state index contributed by atoms with van der Waals surface area (Å²) in [6.45, 7) is 2.73. The van der Waals surface area contributed by atoms with Crippen molar-refractivity contribution in [2.75, 3.05) is 18.5 Å². The van der Waals surface area contributed by atoms with Gasteiger partial charge in [0.15, 0.2) is 5.11 Å². The molecule has 2 N–H and O–H groups in total. The zero-order valence-electron chi connectivity index (χ0n) is 8.75. The Kier molecular flexibility index (Phi) is 5.07. The molecular weight excluding hydrogens is 208 g/mol. The molecule has 15 heavy (non-hydrogen) atoms. The second-order valence-electron chi connectivity index (χ2n) is 3.14. The predicted molar refractivity (Wildman–Crippen MR) is 65.6 cm³/mol. The molecule has 1 rings (SSSR count). The van der Waals surface area contributed by atoms with Gasteiger partial charge < -0.3 is 10.6 Å². The lowest BCUT2D eigenvalue weighted by Gasteiger charge is -2.08. The summed E-state index contributed by atoms with van der Waals surface area (Å²) in [5.41, 5.74) is 2.00. The van der Waals surface area contributed by atoms with E-state index in [0.29, 0.717) is 11.5 Å². The van der Waals surface area contributed by atoms with Crippen LogP contribution < -0.4 is 10.6 Å². The van der Waals surface area contributed by atoms with E-state index in [1.165, 1.54) is 0 Å². The lowest BCUT2D eigenvalue weighted by atomic mass is 10.1. The van der Waals surface area contributed by atoms with Gasteiger partial charge in [0.05, 0.1) is 6.61 Å². The highest BCUT2D eigenvalue weighted by atomic mass is 32.1. The van der Waals surface area contributed by atoms with Crippen LogP contribution in [0.2, 0.25) is 0 Å². The molecule has 0 saturated heterocycles. The number of hydrogen-bond donors (Lipinski definition) is 2. The molecule has 0 unspecified atom stereocenters. The van der Waals surface area contributed by atoms with E-state index in [-0.39, 0.29) is 6.61 Å². The van der Waals surface area contributed by atoms with Crippen molar-refractivity contribution >= 4 is 23.0 Å². The average Bonchev–Trinajstić information content (AvgIpc) is 2.22. The van der Waals surface area contributed by atoms with Crippen LogP contribution in [0.5, 0.6) is 0 Å². The first-order valence-electron chi connectivity index (χ1n) is 4.98. The van der Waals surface area contributed by atoms with Gasteiger partial charge in [0.2, 0.25) is 0 Å². The highest BCUT2D eigenvalue weighted by molar-refractivity contribution is 7.80. The summed E-state index contributed by atoms with van der Waals surface area (Å²) in [7, 11) is 0. The van der Waals surface area contributed by atoms with E-state index >= 15 is 0 Å². The fourth-order valence-corrected chi connectivity index (χ4v) is 1.47. The molecule has 1 aromatic carbocycles. The number of rotatable bonds is 4. The van der Waals surface area contributed by atoms with E-state index < -0.39 is 0 Å². The molecule has 1 aromatic rings. The fourth-order valence-electron chi connectivity index (χ4n) is 1.21. The highest BCUT2D eigenvalue weighted by Gasteiger charge is 1.96. The molecule has 0 heterocycles. The maximum Gasteiger partial charge on any atom is 0.170 e. The summed E-state index contributed by atoms with van der Waals surface area (Å²) in [6, 6.07) is 7.73. The van der Waals surface area contributed by atoms with Gasteiger partial charge in [-0.15, -0.1) is 0 Å². The van der Waals surface area contributed by atoms with Crippen LogP contribution in [0.15, 0.2) is 24.3 Å². The largest absolute Gasteiger partial charge is 0.363 e. The quantitative estimate of drug-likeness (QED) is 0.767. The van der Waals surface area contributed by atoms with Crippen LogP contribution in [0.3, 0.4) is 0 Å². The van der Waals surface area contributed by atoms with E-state index in [1.54, 1.807) is 0 Å². The number of anilines is 1. The summed E-state index contributed by atoms with van der Waals surface area (Å²) < 4.78 is 0. The third kappa shape index (κ3) is 4.27. The first-order valence-corrected chi connectivity index (χ1v) is 5.39. The van der Waals surface area contributed by atoms with Crippen LogP contribution in [-0.2, 0) is 11.5 Å². The van der Waals surface area contributed by atoms with Crippen molar-refractivity contribution in [3.8, 4) is 0 Å². The van der Waals surface area contributed by atoms with Crippen LogP contribution in [-0.4, -0.2) is 18.3 Å². The molecule has 0 fully saturated rings. The van der Waals surface area contributed by atoms with Crippen LogP contribution in [0, 0.1) is 0 Å². The Hall–Kier alpha value is -1.13. The zero-order chi connectivity index (χ0) is 11.1. The predicted octanol–water partition coefficient (Wildman–Crippen LogP) is 1.97. The molecule has 0 amide bonds. The Bertz CT molecular complexity index is 311. The number of thiocarbonyl (C=S) groups is 1. The number of nitrogens with one attached hydrogen (secondary N) is 2. The van der Waals surface area contributed by atoms with Gasteiger partial charge in [-0.05, 0) is 43.3 Å². The van der Waals surface area contributed by atoms with Crippen molar-refractivity contribution in [2.24, 2.45) is 0 Å². The Labute approximate surface area is 95.5 Å². The maximum absolute atomic E-state index is 10.4. The Morgan fingerprint density at radius 3 is 2.53 bits per heavy atom. The van der Waals surface area contributed by atoms with Crippen LogP contribution in [0.4, 0.5) is 5.69 Å². The molecule has 0 spiro atoms. The van der Waals surface area contributed by atoms with Gasteiger partial charge >= 0.3 is 0 Å². The third-order valence-corrected chi connectivity index (χ3v) is 2.19. The molecule has 3 nitrogen and oxygen atoms in total. The minimum absolute atomic E-state index is 0.0669. The van der Waals surface area contributed by atoms with Gasteiger partial charge in [-0.2, -0.15) is 0 Å². The average molecular weight is 223 g/mol. The molecule has 0 aromatic heterocycles. The van der Waals surface area contributed by atoms with Crippen molar-refractivity contribution in [1.29, 1.82) is 0 Å². The van der Waals surface area contributed by atoms with Gasteiger partial charge in [0, 0.05) is 12.2 Å². The minimum atomic E-state index is -0.0669. The molecule has 0 atom stereocenters. The van der Waals surface area contributed by atoms with E-state index in [1.807, 2.05) is 31.2 Å². The van der Waals surface area contributed by atoms with Crippen molar-refractivity contribution in [1.82, 2.24) is 5.32 Å². The molecule has 0 saturated carbocycles. The SMILES string of the molecule is CCNC(=S)Nc1ccc(CC[O])cc1. The van der Waals surface area contributed by atoms with E-state index in [9.17, 15) is 5.11 Å². The smallest absolute Gasteiger partial charge is 0.170 e. The molecule has 0 aliphatic heterocycles. The number of hydrogen-bond acceptors (Lipinski definition) is 1. The van der Waals surface area contributed by atoms with Crippen LogP contribution in [0.25, 0.3) is 0 Å². The molecule has 0 aliphatic rings. The minimum Gasteiger partial charge on any atom is -0.363 e. The monoisotopic (exact) mass is 223 g/mol. The third-order valence-electron chi connectivity index (χ3n) is 1.94. The first kappa shape index (κ1) is 11.9. The summed E-state index contributed by atoms with van der Waals surface area (Å²) in [6.07, 6.45) is 0.581. The van der Waals surface area contributed by atoms with E-state index in [2.05, 4.69) is 10.6 Å². The van der Waals surface area contributed by atoms with Crippen LogP contribution >= 0.6 is 12.2 Å². The normalized spacial score (nSPS) is 9.73. The molecule has 1 radical (unpaired) electrons. The van der Waals surface area contributed by atoms with Gasteiger partial charge in [0.1, 0.15) is 0 Å². The lowest BCUT2D eigenvalue weighted by molar-refractivity contribution is 0.197. The Morgan fingerprint density at radius 2 is 2.00 bits per heavy atom. The molecule has 4 heteroatoms. The Balaban J connectivity index is 2.52. The van der Waals surface area contributed by atoms with Crippen molar-refractivity contribution < 1.29 is 5.11 Å². The van der Waals surface area contributed by atoms with E-state index in [4.69, 9.17) is 12.2 Å². The summed E-state index contributed by atoms with van der Waals surface area (Å²) >= 11 is 5.05. The standard InChI is InChI=1S/C11H15N2OS/c1-2-12-11(15)13-10-5-3-9(4-6-10)7-8-14/h3-6H,2,7-8H2,1H3,(H2,12,13,15). The molecule has 0 aliphatic carbocycles. The van der Waals surface area contributed by atoms with Crippen molar-refractivity contribution in [3.05, 3.63) is 29.8 Å². The summed E-state index contributed by atoms with van der Waals surface area (Å²) in [4.78, 5) is 0. The maximum atomic E-state index is 10.4. The highest BCUT2D eigenvalue weighted by Crippen LogP contribution is 2.09. The zero-order valence-corrected chi connectivity index (χ0v) is 9.56. The molecule has 0 bridgehead atoms. The van der Waals surface area contributed by atoms with Crippen molar-refractivity contribution in [2.45, 2.75) is 13.3 Å². The molecular formula is C11H15N2OS. The van der Waals surface area contributed by atoms with Gasteiger partial charge in [0.25, 0.3) is 0 Å². The topological polar surface area (TPSA) is 44.0 Å². The second kappa shape index (κ2) is 6.37. The Morgan fingerprint density at radius 1 is 1.33 bits per heavy atom. The number of benzene rings is 1. The van der Waals surface area contributed by atoms with Crippen LogP contribution in [0.1, 0.15) is 12.5 Å². The molecule has 81 valence electrons. The lowest BCUT2D eigenvalue weighted by Crippen LogP contribution is -2.27. The van der Waals surface area contributed by atoms with Gasteiger partial charge in [-0.25, -0.2) is 5.11 Å². The van der Waals surface area contributed by atoms with Crippen molar-refractivity contribution in [3.63, 3.8) is 0 Å². The summed E-state index contributed by atoms with van der Waals surface area (Å²) in [5, 5.41) is 17.1. The van der Waals surface area contributed by atoms with Gasteiger partial charge in [-0.1, -0.05) is 12.1 Å². The fraction of sp³-hybridized carbons (Fsp3) is 0.364. The second-order valence-corrected chi connectivity index (χ2v) is 3.54. The summed E-state index contributed by atoms with van der Waals surface area (Å²) in [5.74, 6) is 0.